The fraction of sp³-hybridized carbons (Fsp3) is 0.214. The van der Waals surface area contributed by atoms with Crippen molar-refractivity contribution in [2.45, 2.75) is 13.0 Å². The second-order valence-corrected chi connectivity index (χ2v) is 4.70. The second-order valence-electron chi connectivity index (χ2n) is 3.79. The molecule has 0 saturated carbocycles. The van der Waals surface area contributed by atoms with Crippen molar-refractivity contribution in [1.29, 1.82) is 0 Å². The molecule has 0 saturated heterocycles. The molecule has 5 heteroatoms. The summed E-state index contributed by atoms with van der Waals surface area (Å²) in [4.78, 5) is 12.7. The van der Waals surface area contributed by atoms with E-state index in [9.17, 15) is 4.79 Å². The number of hydrogen-bond donors (Lipinski definition) is 2. The average molecular weight is 275 g/mol. The van der Waals surface area contributed by atoms with Gasteiger partial charge in [-0.25, -0.2) is 0 Å². The Hall–Kier alpha value is -2.03. The van der Waals surface area contributed by atoms with E-state index in [2.05, 4.69) is 17.2 Å². The van der Waals surface area contributed by atoms with Crippen molar-refractivity contribution in [1.82, 2.24) is 5.32 Å². The third kappa shape index (κ3) is 3.98. The number of carbonyl (C=O) groups excluding carboxylic acids is 1. The van der Waals surface area contributed by atoms with Crippen LogP contribution in [-0.4, -0.2) is 17.6 Å². The number of thiophene rings is 1. The lowest BCUT2D eigenvalue weighted by Crippen LogP contribution is -2.21. The number of furan rings is 1. The summed E-state index contributed by atoms with van der Waals surface area (Å²) >= 11 is 1.42. The Morgan fingerprint density at radius 1 is 1.53 bits per heavy atom. The predicted molar refractivity (Wildman–Crippen MR) is 72.8 cm³/mol. The maximum atomic E-state index is 11.9. The summed E-state index contributed by atoms with van der Waals surface area (Å²) in [6.07, 6.45) is 3.61. The molecular formula is C14H13NO3S. The van der Waals surface area contributed by atoms with Crippen molar-refractivity contribution in [3.63, 3.8) is 0 Å². The van der Waals surface area contributed by atoms with Crippen LogP contribution < -0.4 is 5.32 Å². The Morgan fingerprint density at radius 3 is 3.16 bits per heavy atom. The highest BCUT2D eigenvalue weighted by molar-refractivity contribution is 7.10. The molecule has 2 N–H and O–H groups in total. The van der Waals surface area contributed by atoms with Gasteiger partial charge < -0.3 is 14.8 Å². The molecule has 0 atom stereocenters. The van der Waals surface area contributed by atoms with Crippen molar-refractivity contribution in [3.8, 4) is 11.8 Å². The lowest BCUT2D eigenvalue weighted by molar-refractivity contribution is 0.0951. The molecule has 98 valence electrons. The van der Waals surface area contributed by atoms with Crippen molar-refractivity contribution >= 4 is 17.2 Å². The quantitative estimate of drug-likeness (QED) is 0.839. The Bertz CT molecular complexity index is 590. The molecule has 1 amide bonds. The van der Waals surface area contributed by atoms with Crippen LogP contribution in [0.4, 0.5) is 0 Å². The minimum atomic E-state index is -0.132. The van der Waals surface area contributed by atoms with E-state index < -0.39 is 0 Å². The van der Waals surface area contributed by atoms with Gasteiger partial charge in [-0.2, -0.15) is 0 Å². The van der Waals surface area contributed by atoms with E-state index >= 15 is 0 Å². The van der Waals surface area contributed by atoms with Crippen LogP contribution in [0.25, 0.3) is 0 Å². The van der Waals surface area contributed by atoms with Crippen LogP contribution >= 0.6 is 11.3 Å². The molecule has 0 unspecified atom stereocenters. The normalized spacial score (nSPS) is 9.74. The van der Waals surface area contributed by atoms with Gasteiger partial charge in [0, 0.05) is 23.9 Å². The van der Waals surface area contributed by atoms with E-state index in [1.165, 1.54) is 11.3 Å². The zero-order chi connectivity index (χ0) is 13.5. The molecule has 2 aromatic rings. The molecule has 4 nitrogen and oxygen atoms in total. The van der Waals surface area contributed by atoms with E-state index in [1.807, 2.05) is 0 Å². The Labute approximate surface area is 115 Å². The van der Waals surface area contributed by atoms with Gasteiger partial charge in [0.25, 0.3) is 5.91 Å². The summed E-state index contributed by atoms with van der Waals surface area (Å²) in [5, 5.41) is 13.2. The third-order valence-electron chi connectivity index (χ3n) is 2.34. The van der Waals surface area contributed by atoms with Crippen LogP contribution in [0, 0.1) is 11.8 Å². The van der Waals surface area contributed by atoms with Crippen LogP contribution in [0.1, 0.15) is 27.2 Å². The number of carbonyl (C=O) groups is 1. The van der Waals surface area contributed by atoms with Gasteiger partial charge in [-0.1, -0.05) is 11.8 Å². The summed E-state index contributed by atoms with van der Waals surface area (Å²) < 4.78 is 4.92. The highest BCUT2D eigenvalue weighted by Gasteiger charge is 2.07. The molecule has 0 spiro atoms. The molecule has 2 heterocycles. The van der Waals surface area contributed by atoms with Crippen LogP contribution in [0.5, 0.6) is 0 Å². The molecule has 0 aliphatic heterocycles. The van der Waals surface area contributed by atoms with Crippen LogP contribution in [-0.2, 0) is 6.54 Å². The van der Waals surface area contributed by atoms with E-state index in [0.29, 0.717) is 18.5 Å². The van der Waals surface area contributed by atoms with Gasteiger partial charge in [-0.15, -0.1) is 11.3 Å². The van der Waals surface area contributed by atoms with E-state index in [0.717, 1.165) is 10.4 Å². The van der Waals surface area contributed by atoms with Gasteiger partial charge in [0.2, 0.25) is 0 Å². The van der Waals surface area contributed by atoms with Crippen LogP contribution in [0.3, 0.4) is 0 Å². The number of nitrogens with one attached hydrogen (secondary N) is 1. The number of aliphatic hydroxyl groups is 1. The SMILES string of the molecule is O=C(NCc1ccoc1)c1csc(C#CCCO)c1. The number of hydrogen-bond acceptors (Lipinski definition) is 4. The monoisotopic (exact) mass is 275 g/mol. The summed E-state index contributed by atoms with van der Waals surface area (Å²) in [5.41, 5.74) is 1.52. The molecule has 19 heavy (non-hydrogen) atoms. The van der Waals surface area contributed by atoms with E-state index in [-0.39, 0.29) is 12.5 Å². The highest BCUT2D eigenvalue weighted by Crippen LogP contribution is 2.13. The molecule has 2 rings (SSSR count). The summed E-state index contributed by atoms with van der Waals surface area (Å²) in [6, 6.07) is 3.55. The van der Waals surface area contributed by atoms with Gasteiger partial charge in [0.15, 0.2) is 0 Å². The summed E-state index contributed by atoms with van der Waals surface area (Å²) in [6.45, 7) is 0.493. The maximum Gasteiger partial charge on any atom is 0.252 e. The first-order chi connectivity index (χ1) is 9.29. The average Bonchev–Trinajstić information content (AvgIpc) is 3.07. The molecule has 0 fully saturated rings. The fourth-order valence-electron chi connectivity index (χ4n) is 1.40. The lowest BCUT2D eigenvalue weighted by atomic mass is 10.2. The Balaban J connectivity index is 1.91. The van der Waals surface area contributed by atoms with Gasteiger partial charge in [0.1, 0.15) is 0 Å². The first kappa shape index (κ1) is 13.4. The molecule has 0 radical (unpaired) electrons. The number of amides is 1. The predicted octanol–water partition coefficient (Wildman–Crippen LogP) is 2.00. The molecule has 0 aliphatic rings. The third-order valence-corrected chi connectivity index (χ3v) is 3.19. The second kappa shape index (κ2) is 6.78. The van der Waals surface area contributed by atoms with Gasteiger partial charge in [-0.3, -0.25) is 4.79 Å². The first-order valence-electron chi connectivity index (χ1n) is 5.77. The Kier molecular flexibility index (Phi) is 4.78. The largest absolute Gasteiger partial charge is 0.472 e. The van der Waals surface area contributed by atoms with Gasteiger partial charge >= 0.3 is 0 Å². The van der Waals surface area contributed by atoms with Crippen molar-refractivity contribution in [3.05, 3.63) is 46.0 Å². The lowest BCUT2D eigenvalue weighted by Gasteiger charge is -2.00. The van der Waals surface area contributed by atoms with Crippen molar-refractivity contribution < 1.29 is 14.3 Å². The molecular weight excluding hydrogens is 262 g/mol. The number of aliphatic hydroxyl groups excluding tert-OH is 1. The maximum absolute atomic E-state index is 11.9. The Morgan fingerprint density at radius 2 is 2.42 bits per heavy atom. The van der Waals surface area contributed by atoms with Crippen molar-refractivity contribution in [2.24, 2.45) is 0 Å². The van der Waals surface area contributed by atoms with Gasteiger partial charge in [-0.05, 0) is 12.1 Å². The summed E-state index contributed by atoms with van der Waals surface area (Å²) in [7, 11) is 0. The zero-order valence-electron chi connectivity index (χ0n) is 10.2. The minimum absolute atomic E-state index is 0.0520. The first-order valence-corrected chi connectivity index (χ1v) is 6.65. The molecule has 0 bridgehead atoms. The summed E-state index contributed by atoms with van der Waals surface area (Å²) in [5.74, 6) is 5.60. The van der Waals surface area contributed by atoms with Crippen LogP contribution in [0.2, 0.25) is 0 Å². The van der Waals surface area contributed by atoms with E-state index in [1.54, 1.807) is 30.0 Å². The van der Waals surface area contributed by atoms with Gasteiger partial charge in [0.05, 0.1) is 29.6 Å². The number of rotatable bonds is 4. The molecule has 0 aliphatic carbocycles. The van der Waals surface area contributed by atoms with Crippen LogP contribution in [0.15, 0.2) is 34.5 Å². The fourth-order valence-corrected chi connectivity index (χ4v) is 2.16. The van der Waals surface area contributed by atoms with E-state index in [4.69, 9.17) is 9.52 Å². The smallest absolute Gasteiger partial charge is 0.252 e. The minimum Gasteiger partial charge on any atom is -0.472 e. The standard InChI is InChI=1S/C14H13NO3S/c16-5-2-1-3-13-7-12(10-19-13)14(17)15-8-11-4-6-18-9-11/h4,6-7,9-10,16H,2,5,8H2,(H,15,17). The van der Waals surface area contributed by atoms with Crippen molar-refractivity contribution in [2.75, 3.05) is 6.61 Å². The molecule has 2 aromatic heterocycles. The topological polar surface area (TPSA) is 62.5 Å². The zero-order valence-corrected chi connectivity index (χ0v) is 11.0. The highest BCUT2D eigenvalue weighted by atomic mass is 32.1. The molecule has 0 aromatic carbocycles.